The topological polar surface area (TPSA) is 70.3 Å². The molecule has 3 aliphatic rings. The van der Waals surface area contributed by atoms with Crippen LogP contribution in [0.1, 0.15) is 59.3 Å². The molecule has 0 atom stereocenters. The SMILES string of the molecule is CC(C)(C)[Si](C)(C)OC12CCC(COc3nnc(N)s3)(CC1)CC2. The summed E-state index contributed by atoms with van der Waals surface area (Å²) in [6, 6.07) is 0. The van der Waals surface area contributed by atoms with Gasteiger partial charge in [0.15, 0.2) is 8.32 Å². The summed E-state index contributed by atoms with van der Waals surface area (Å²) in [5.74, 6) is 0. The molecule has 136 valence electrons. The maximum Gasteiger partial charge on any atom is 0.295 e. The number of rotatable bonds is 5. The van der Waals surface area contributed by atoms with E-state index in [-0.39, 0.29) is 10.6 Å². The van der Waals surface area contributed by atoms with Gasteiger partial charge in [-0.3, -0.25) is 0 Å². The van der Waals surface area contributed by atoms with Crippen molar-refractivity contribution in [1.29, 1.82) is 0 Å². The molecule has 4 rings (SSSR count). The maximum absolute atomic E-state index is 6.89. The molecule has 5 nitrogen and oxygen atoms in total. The van der Waals surface area contributed by atoms with E-state index in [1.807, 2.05) is 0 Å². The fourth-order valence-corrected chi connectivity index (χ4v) is 5.94. The molecular weight excluding hydrogens is 338 g/mol. The Labute approximate surface area is 150 Å². The smallest absolute Gasteiger partial charge is 0.295 e. The van der Waals surface area contributed by atoms with Crippen molar-refractivity contribution in [3.8, 4) is 5.19 Å². The van der Waals surface area contributed by atoms with E-state index in [0.717, 1.165) is 6.61 Å². The number of fused-ring (bicyclic) bond motifs is 3. The zero-order valence-electron chi connectivity index (χ0n) is 15.6. The maximum atomic E-state index is 6.89. The Kier molecular flexibility index (Phi) is 4.50. The average Bonchev–Trinajstić information content (AvgIpc) is 2.91. The van der Waals surface area contributed by atoms with Crippen LogP contribution in [0.5, 0.6) is 5.19 Å². The number of nitrogens with zero attached hydrogens (tertiary/aromatic N) is 2. The summed E-state index contributed by atoms with van der Waals surface area (Å²) in [6.45, 7) is 12.5. The Morgan fingerprint density at radius 1 is 1.08 bits per heavy atom. The Balaban J connectivity index is 1.60. The molecule has 1 aromatic heterocycles. The molecule has 3 aliphatic carbocycles. The fraction of sp³-hybridized carbons (Fsp3) is 0.882. The molecule has 1 heterocycles. The highest BCUT2D eigenvalue weighted by Gasteiger charge is 2.53. The van der Waals surface area contributed by atoms with E-state index in [9.17, 15) is 0 Å². The zero-order valence-corrected chi connectivity index (χ0v) is 17.5. The quantitative estimate of drug-likeness (QED) is 0.767. The van der Waals surface area contributed by atoms with Gasteiger partial charge in [0.1, 0.15) is 0 Å². The van der Waals surface area contributed by atoms with Crippen molar-refractivity contribution >= 4 is 24.8 Å². The van der Waals surface area contributed by atoms with Gasteiger partial charge in [0, 0.05) is 5.41 Å². The Morgan fingerprint density at radius 2 is 1.67 bits per heavy atom. The van der Waals surface area contributed by atoms with E-state index < -0.39 is 8.32 Å². The molecule has 0 radical (unpaired) electrons. The van der Waals surface area contributed by atoms with E-state index in [0.29, 0.717) is 15.7 Å². The zero-order chi connectivity index (χ0) is 17.6. The second-order valence-electron chi connectivity index (χ2n) is 9.24. The van der Waals surface area contributed by atoms with Crippen LogP contribution in [0.25, 0.3) is 0 Å². The first kappa shape index (κ1) is 18.1. The van der Waals surface area contributed by atoms with Crippen LogP contribution < -0.4 is 10.5 Å². The molecule has 7 heteroatoms. The van der Waals surface area contributed by atoms with Crippen molar-refractivity contribution in [2.75, 3.05) is 12.3 Å². The summed E-state index contributed by atoms with van der Waals surface area (Å²) in [4.78, 5) is 0. The lowest BCUT2D eigenvalue weighted by Crippen LogP contribution is -2.56. The molecule has 1 aromatic rings. The summed E-state index contributed by atoms with van der Waals surface area (Å²) in [5, 5.41) is 9.13. The fourth-order valence-electron chi connectivity index (χ4n) is 3.79. The Hall–Kier alpha value is -0.663. The highest BCUT2D eigenvalue weighted by molar-refractivity contribution is 7.16. The molecule has 3 fully saturated rings. The van der Waals surface area contributed by atoms with Crippen LogP contribution in [0.3, 0.4) is 0 Å². The van der Waals surface area contributed by atoms with E-state index in [2.05, 4.69) is 44.1 Å². The first-order valence-electron chi connectivity index (χ1n) is 8.97. The molecule has 0 aromatic carbocycles. The standard InChI is InChI=1S/C17H31N3O2SSi/c1-15(2,3)24(4,5)22-17-9-6-16(7-10-17,8-11-17)12-21-14-20-19-13(18)23-14/h6-12H2,1-5H3,(H2,18,19). The van der Waals surface area contributed by atoms with Crippen LogP contribution in [0.4, 0.5) is 5.13 Å². The first-order valence-corrected chi connectivity index (χ1v) is 12.7. The molecule has 0 unspecified atom stereocenters. The molecule has 24 heavy (non-hydrogen) atoms. The van der Waals surface area contributed by atoms with Gasteiger partial charge in [-0.15, -0.1) is 5.10 Å². The molecule has 3 saturated carbocycles. The van der Waals surface area contributed by atoms with Crippen LogP contribution >= 0.6 is 11.3 Å². The van der Waals surface area contributed by atoms with Crippen molar-refractivity contribution in [2.45, 2.75) is 83.0 Å². The summed E-state index contributed by atoms with van der Waals surface area (Å²) in [7, 11) is -1.72. The first-order chi connectivity index (χ1) is 11.1. The van der Waals surface area contributed by atoms with Gasteiger partial charge < -0.3 is 14.9 Å². The van der Waals surface area contributed by atoms with Crippen LogP contribution in [0.15, 0.2) is 0 Å². The number of nitrogen functional groups attached to an aromatic ring is 1. The number of nitrogens with two attached hydrogens (primary N) is 1. The van der Waals surface area contributed by atoms with Crippen LogP contribution in [0.2, 0.25) is 18.1 Å². The van der Waals surface area contributed by atoms with Crippen molar-refractivity contribution < 1.29 is 9.16 Å². The molecule has 0 saturated heterocycles. The van der Waals surface area contributed by atoms with Gasteiger partial charge in [-0.25, -0.2) is 0 Å². The van der Waals surface area contributed by atoms with Gasteiger partial charge in [-0.05, 0) is 68.0 Å². The van der Waals surface area contributed by atoms with Gasteiger partial charge in [0.2, 0.25) is 5.13 Å². The minimum Gasteiger partial charge on any atom is -0.468 e. The second-order valence-corrected chi connectivity index (χ2v) is 14.9. The minimum absolute atomic E-state index is 0.123. The highest BCUT2D eigenvalue weighted by atomic mass is 32.1. The van der Waals surface area contributed by atoms with Gasteiger partial charge in [0.25, 0.3) is 5.19 Å². The van der Waals surface area contributed by atoms with E-state index in [4.69, 9.17) is 14.9 Å². The third-order valence-corrected chi connectivity index (χ3v) is 11.8. The number of hydrogen-bond donors (Lipinski definition) is 1. The molecule has 0 aliphatic heterocycles. The molecule has 0 amide bonds. The van der Waals surface area contributed by atoms with E-state index in [1.54, 1.807) is 0 Å². The molecule has 2 N–H and O–H groups in total. The Morgan fingerprint density at radius 3 is 2.12 bits per heavy atom. The lowest BCUT2D eigenvalue weighted by atomic mass is 9.59. The summed E-state index contributed by atoms with van der Waals surface area (Å²) < 4.78 is 12.8. The minimum atomic E-state index is -1.72. The summed E-state index contributed by atoms with van der Waals surface area (Å²) in [6.07, 6.45) is 7.07. The van der Waals surface area contributed by atoms with Crippen molar-refractivity contribution in [3.05, 3.63) is 0 Å². The Bertz CT molecular complexity index is 572. The number of anilines is 1. The van der Waals surface area contributed by atoms with Gasteiger partial charge in [-0.1, -0.05) is 25.9 Å². The van der Waals surface area contributed by atoms with Gasteiger partial charge in [0.05, 0.1) is 12.2 Å². The molecule has 0 spiro atoms. The van der Waals surface area contributed by atoms with Crippen molar-refractivity contribution in [1.82, 2.24) is 10.2 Å². The largest absolute Gasteiger partial charge is 0.468 e. The number of aromatic nitrogens is 2. The molecular formula is C17H31N3O2SSi. The van der Waals surface area contributed by atoms with E-state index >= 15 is 0 Å². The molecule has 2 bridgehead atoms. The lowest BCUT2D eigenvalue weighted by Gasteiger charge is -2.56. The summed E-state index contributed by atoms with van der Waals surface area (Å²) in [5.41, 5.74) is 6.04. The second kappa shape index (κ2) is 5.95. The average molecular weight is 370 g/mol. The number of hydrogen-bond acceptors (Lipinski definition) is 6. The van der Waals surface area contributed by atoms with Gasteiger partial charge in [-0.2, -0.15) is 0 Å². The third kappa shape index (κ3) is 3.48. The van der Waals surface area contributed by atoms with Crippen LogP contribution in [-0.2, 0) is 4.43 Å². The monoisotopic (exact) mass is 369 g/mol. The van der Waals surface area contributed by atoms with Crippen LogP contribution in [-0.4, -0.2) is 30.7 Å². The third-order valence-electron chi connectivity index (χ3n) is 6.53. The van der Waals surface area contributed by atoms with Crippen molar-refractivity contribution in [2.24, 2.45) is 5.41 Å². The lowest BCUT2D eigenvalue weighted by molar-refractivity contribution is -0.0945. The number of ether oxygens (including phenoxy) is 1. The normalized spacial score (nSPS) is 30.5. The summed E-state index contributed by atoms with van der Waals surface area (Å²) >= 11 is 1.32. The van der Waals surface area contributed by atoms with Crippen molar-refractivity contribution in [3.63, 3.8) is 0 Å². The highest BCUT2D eigenvalue weighted by Crippen LogP contribution is 2.56. The predicted molar refractivity (Wildman–Crippen MR) is 101 cm³/mol. The predicted octanol–water partition coefficient (Wildman–Crippen LogP) is 4.61. The van der Waals surface area contributed by atoms with Crippen LogP contribution in [0, 0.1) is 5.41 Å². The van der Waals surface area contributed by atoms with E-state index in [1.165, 1.54) is 49.9 Å². The van der Waals surface area contributed by atoms with Gasteiger partial charge >= 0.3 is 0 Å².